The van der Waals surface area contributed by atoms with Gasteiger partial charge >= 0.3 is 0 Å². The monoisotopic (exact) mass is 262 g/mol. The minimum absolute atomic E-state index is 0.217. The van der Waals surface area contributed by atoms with Gasteiger partial charge in [-0.3, -0.25) is 4.98 Å². The predicted octanol–water partition coefficient (Wildman–Crippen LogP) is 2.99. The fraction of sp³-hybridized carbons (Fsp3) is 0.214. The molecule has 1 unspecified atom stereocenters. The summed E-state index contributed by atoms with van der Waals surface area (Å²) in [6.45, 7) is 0. The molecule has 0 aliphatic carbocycles. The van der Waals surface area contributed by atoms with Crippen LogP contribution in [0.4, 0.5) is 0 Å². The molecule has 0 amide bonds. The fourth-order valence-corrected chi connectivity index (χ4v) is 2.08. The topological polar surface area (TPSA) is 48.1 Å². The van der Waals surface area contributed by atoms with E-state index in [1.54, 1.807) is 25.4 Å². The molecule has 2 rings (SSSR count). The lowest BCUT2D eigenvalue weighted by atomic mass is 10.0. The molecule has 18 heavy (non-hydrogen) atoms. The number of aromatic nitrogens is 1. The lowest BCUT2D eigenvalue weighted by Gasteiger charge is -2.13. The molecule has 1 atom stereocenters. The van der Waals surface area contributed by atoms with Gasteiger partial charge in [0.05, 0.1) is 23.9 Å². The van der Waals surface area contributed by atoms with E-state index in [9.17, 15) is 0 Å². The molecule has 0 aliphatic heterocycles. The van der Waals surface area contributed by atoms with E-state index < -0.39 is 0 Å². The Kier molecular flexibility index (Phi) is 4.18. The molecule has 0 saturated heterocycles. The molecule has 0 saturated carbocycles. The van der Waals surface area contributed by atoms with Crippen molar-refractivity contribution in [1.82, 2.24) is 4.98 Å². The maximum Gasteiger partial charge on any atom is 0.119 e. The number of pyridine rings is 1. The molecule has 0 aliphatic rings. The van der Waals surface area contributed by atoms with E-state index in [0.29, 0.717) is 11.4 Å². The van der Waals surface area contributed by atoms with Gasteiger partial charge < -0.3 is 10.5 Å². The number of rotatable bonds is 4. The van der Waals surface area contributed by atoms with Crippen molar-refractivity contribution >= 4 is 11.6 Å². The maximum atomic E-state index is 6.13. The molecular formula is C14H15ClN2O. The van der Waals surface area contributed by atoms with Crippen LogP contribution in [0.15, 0.2) is 42.6 Å². The molecule has 2 aromatic rings. The van der Waals surface area contributed by atoms with E-state index in [1.807, 2.05) is 24.3 Å². The van der Waals surface area contributed by atoms with Crippen LogP contribution in [-0.2, 0) is 6.42 Å². The highest BCUT2D eigenvalue weighted by Crippen LogP contribution is 2.23. The number of halogens is 1. The van der Waals surface area contributed by atoms with E-state index in [-0.39, 0.29) is 6.04 Å². The van der Waals surface area contributed by atoms with E-state index in [1.165, 1.54) is 0 Å². The second kappa shape index (κ2) is 5.85. The Hall–Kier alpha value is -1.58. The van der Waals surface area contributed by atoms with Crippen LogP contribution < -0.4 is 10.5 Å². The number of benzene rings is 1. The van der Waals surface area contributed by atoms with Crippen LogP contribution in [0, 0.1) is 0 Å². The average Bonchev–Trinajstić information content (AvgIpc) is 2.39. The summed E-state index contributed by atoms with van der Waals surface area (Å²) >= 11 is 6.08. The first kappa shape index (κ1) is 12.9. The Morgan fingerprint density at radius 1 is 1.33 bits per heavy atom. The highest BCUT2D eigenvalue weighted by Gasteiger charge is 2.12. The molecule has 0 spiro atoms. The molecule has 0 radical (unpaired) electrons. The van der Waals surface area contributed by atoms with Crippen molar-refractivity contribution in [3.63, 3.8) is 0 Å². The number of nitrogens with zero attached hydrogens (tertiary/aromatic N) is 1. The highest BCUT2D eigenvalue weighted by molar-refractivity contribution is 6.31. The van der Waals surface area contributed by atoms with E-state index in [4.69, 9.17) is 22.1 Å². The Labute approximate surface area is 112 Å². The molecule has 3 nitrogen and oxygen atoms in total. The van der Waals surface area contributed by atoms with Gasteiger partial charge in [0.1, 0.15) is 5.75 Å². The molecule has 1 heterocycles. The van der Waals surface area contributed by atoms with Crippen molar-refractivity contribution in [3.8, 4) is 5.75 Å². The SMILES string of the molecule is COc1cccc(CC(N)c2ncccc2Cl)c1. The summed E-state index contributed by atoms with van der Waals surface area (Å²) in [4.78, 5) is 4.23. The van der Waals surface area contributed by atoms with Crippen LogP contribution in [-0.4, -0.2) is 12.1 Å². The zero-order chi connectivity index (χ0) is 13.0. The predicted molar refractivity (Wildman–Crippen MR) is 72.9 cm³/mol. The summed E-state index contributed by atoms with van der Waals surface area (Å²) in [6.07, 6.45) is 2.38. The number of hydrogen-bond donors (Lipinski definition) is 1. The fourth-order valence-electron chi connectivity index (χ4n) is 1.82. The number of methoxy groups -OCH3 is 1. The van der Waals surface area contributed by atoms with Gasteiger partial charge in [0, 0.05) is 6.20 Å². The lowest BCUT2D eigenvalue weighted by Crippen LogP contribution is -2.15. The quantitative estimate of drug-likeness (QED) is 0.922. The first-order valence-electron chi connectivity index (χ1n) is 5.69. The molecule has 0 fully saturated rings. The van der Waals surface area contributed by atoms with E-state index in [0.717, 1.165) is 17.0 Å². The van der Waals surface area contributed by atoms with Crippen molar-refractivity contribution in [2.75, 3.05) is 7.11 Å². The summed E-state index contributed by atoms with van der Waals surface area (Å²) in [5.74, 6) is 0.826. The lowest BCUT2D eigenvalue weighted by molar-refractivity contribution is 0.414. The van der Waals surface area contributed by atoms with E-state index in [2.05, 4.69) is 4.98 Å². The highest BCUT2D eigenvalue weighted by atomic mass is 35.5. The summed E-state index contributed by atoms with van der Waals surface area (Å²) < 4.78 is 5.18. The summed E-state index contributed by atoms with van der Waals surface area (Å²) in [6, 6.07) is 11.2. The van der Waals surface area contributed by atoms with Gasteiger partial charge in [0.25, 0.3) is 0 Å². The van der Waals surface area contributed by atoms with Gasteiger partial charge in [0.15, 0.2) is 0 Å². The van der Waals surface area contributed by atoms with Gasteiger partial charge in [-0.1, -0.05) is 23.7 Å². The van der Waals surface area contributed by atoms with Crippen molar-refractivity contribution in [2.24, 2.45) is 5.73 Å². The average molecular weight is 263 g/mol. The third-order valence-corrected chi connectivity index (χ3v) is 3.05. The second-order valence-corrected chi connectivity index (χ2v) is 4.44. The third kappa shape index (κ3) is 3.00. The van der Waals surface area contributed by atoms with Crippen molar-refractivity contribution in [3.05, 3.63) is 58.9 Å². The largest absolute Gasteiger partial charge is 0.497 e. The van der Waals surface area contributed by atoms with Gasteiger partial charge in [-0.2, -0.15) is 0 Å². The third-order valence-electron chi connectivity index (χ3n) is 2.73. The van der Waals surface area contributed by atoms with Crippen LogP contribution in [0.5, 0.6) is 5.75 Å². The van der Waals surface area contributed by atoms with Crippen LogP contribution >= 0.6 is 11.6 Å². The Morgan fingerprint density at radius 2 is 2.17 bits per heavy atom. The standard InChI is InChI=1S/C14H15ClN2O/c1-18-11-5-2-4-10(8-11)9-13(16)14-12(15)6-3-7-17-14/h2-8,13H,9,16H2,1H3. The minimum atomic E-state index is -0.217. The van der Waals surface area contributed by atoms with Crippen LogP contribution in [0.1, 0.15) is 17.3 Å². The first-order valence-corrected chi connectivity index (χ1v) is 6.07. The van der Waals surface area contributed by atoms with Crippen molar-refractivity contribution < 1.29 is 4.74 Å². The van der Waals surface area contributed by atoms with Crippen molar-refractivity contribution in [2.45, 2.75) is 12.5 Å². The Morgan fingerprint density at radius 3 is 2.89 bits per heavy atom. The molecule has 1 aromatic heterocycles. The van der Waals surface area contributed by atoms with Crippen LogP contribution in [0.2, 0.25) is 5.02 Å². The number of nitrogens with two attached hydrogens (primary N) is 1. The summed E-state index contributed by atoms with van der Waals surface area (Å²) in [7, 11) is 1.65. The minimum Gasteiger partial charge on any atom is -0.497 e. The van der Waals surface area contributed by atoms with Crippen LogP contribution in [0.25, 0.3) is 0 Å². The molecule has 2 N–H and O–H groups in total. The van der Waals surface area contributed by atoms with Gasteiger partial charge in [-0.15, -0.1) is 0 Å². The normalized spacial score (nSPS) is 12.2. The molecular weight excluding hydrogens is 248 g/mol. The summed E-state index contributed by atoms with van der Waals surface area (Å²) in [5, 5.41) is 0.605. The van der Waals surface area contributed by atoms with Gasteiger partial charge in [-0.05, 0) is 36.2 Å². The Bertz CT molecular complexity index is 531. The van der Waals surface area contributed by atoms with Crippen molar-refractivity contribution in [1.29, 1.82) is 0 Å². The molecule has 0 bridgehead atoms. The van der Waals surface area contributed by atoms with Crippen LogP contribution in [0.3, 0.4) is 0 Å². The zero-order valence-electron chi connectivity index (χ0n) is 10.1. The molecule has 94 valence electrons. The smallest absolute Gasteiger partial charge is 0.119 e. The second-order valence-electron chi connectivity index (χ2n) is 4.03. The molecule has 4 heteroatoms. The van der Waals surface area contributed by atoms with E-state index >= 15 is 0 Å². The zero-order valence-corrected chi connectivity index (χ0v) is 10.9. The Balaban J connectivity index is 2.16. The molecule has 1 aromatic carbocycles. The van der Waals surface area contributed by atoms with Gasteiger partial charge in [0.2, 0.25) is 0 Å². The number of hydrogen-bond acceptors (Lipinski definition) is 3. The number of ether oxygens (including phenoxy) is 1. The first-order chi connectivity index (χ1) is 8.70. The van der Waals surface area contributed by atoms with Gasteiger partial charge in [-0.25, -0.2) is 0 Å². The maximum absolute atomic E-state index is 6.13. The summed E-state index contributed by atoms with van der Waals surface area (Å²) in [5.41, 5.74) is 7.96.